The molecule has 0 aliphatic carbocycles. The van der Waals surface area contributed by atoms with Gasteiger partial charge in [-0.2, -0.15) is 0 Å². The summed E-state index contributed by atoms with van der Waals surface area (Å²) in [5, 5.41) is 0. The lowest BCUT2D eigenvalue weighted by Crippen LogP contribution is -2.20. The van der Waals surface area contributed by atoms with Gasteiger partial charge in [-0.25, -0.2) is 4.39 Å². The third kappa shape index (κ3) is 2.83. The topological polar surface area (TPSA) is 42.4 Å². The summed E-state index contributed by atoms with van der Waals surface area (Å²) >= 11 is 0. The molecule has 1 aromatic heterocycles. The van der Waals surface area contributed by atoms with Crippen LogP contribution in [-0.4, -0.2) is 13.6 Å². The first kappa shape index (κ1) is 12.5. The molecule has 2 aromatic rings. The fourth-order valence-corrected chi connectivity index (χ4v) is 1.78. The normalized spacial score (nSPS) is 10.6. The molecular weight excluding hydrogens is 231 g/mol. The number of nitrogens with two attached hydrogens (primary N) is 1. The van der Waals surface area contributed by atoms with Gasteiger partial charge >= 0.3 is 0 Å². The number of likely N-dealkylation sites (N-methyl/N-ethyl adjacent to an activating group) is 1. The lowest BCUT2D eigenvalue weighted by atomic mass is 10.2. The zero-order chi connectivity index (χ0) is 13.1. The fourth-order valence-electron chi connectivity index (χ4n) is 1.78. The predicted molar refractivity (Wildman–Crippen MR) is 71.2 cm³/mol. The van der Waals surface area contributed by atoms with Crippen molar-refractivity contribution < 1.29 is 8.81 Å². The number of aryl methyl sites for hydroxylation is 1. The van der Waals surface area contributed by atoms with Crippen molar-refractivity contribution in [3.05, 3.63) is 47.7 Å². The summed E-state index contributed by atoms with van der Waals surface area (Å²) < 4.78 is 18.8. The van der Waals surface area contributed by atoms with Crippen molar-refractivity contribution >= 4 is 11.4 Å². The van der Waals surface area contributed by atoms with E-state index in [1.54, 1.807) is 6.07 Å². The summed E-state index contributed by atoms with van der Waals surface area (Å²) in [7, 11) is 1.92. The third-order valence-corrected chi connectivity index (χ3v) is 2.91. The number of benzene rings is 1. The molecule has 2 rings (SSSR count). The number of rotatable bonds is 4. The van der Waals surface area contributed by atoms with Gasteiger partial charge in [-0.3, -0.25) is 0 Å². The first-order valence-corrected chi connectivity index (χ1v) is 5.88. The van der Waals surface area contributed by atoms with Gasteiger partial charge in [-0.05, 0) is 37.3 Å². The van der Waals surface area contributed by atoms with E-state index < -0.39 is 0 Å². The van der Waals surface area contributed by atoms with E-state index in [-0.39, 0.29) is 11.5 Å². The van der Waals surface area contributed by atoms with Crippen molar-refractivity contribution in [1.82, 2.24) is 0 Å². The first-order chi connectivity index (χ1) is 8.56. The molecule has 0 atom stereocenters. The van der Waals surface area contributed by atoms with Crippen LogP contribution >= 0.6 is 0 Å². The van der Waals surface area contributed by atoms with Crippen LogP contribution < -0.4 is 10.6 Å². The maximum atomic E-state index is 13.3. The van der Waals surface area contributed by atoms with Crippen LogP contribution in [0, 0.1) is 12.7 Å². The molecule has 0 saturated carbocycles. The number of anilines is 2. The summed E-state index contributed by atoms with van der Waals surface area (Å²) in [6.45, 7) is 2.68. The first-order valence-electron chi connectivity index (χ1n) is 5.88. The van der Waals surface area contributed by atoms with Gasteiger partial charge in [0, 0.05) is 25.7 Å². The Hall–Kier alpha value is -1.97. The molecule has 96 valence electrons. The Morgan fingerprint density at radius 2 is 2.06 bits per heavy atom. The molecule has 18 heavy (non-hydrogen) atoms. The monoisotopic (exact) mass is 248 g/mol. The Balaban J connectivity index is 1.99. The van der Waals surface area contributed by atoms with Crippen LogP contribution in [0.1, 0.15) is 11.5 Å². The fraction of sp³-hybridized carbons (Fsp3) is 0.286. The SMILES string of the molecule is Cc1ccc(CCN(C)c2ccc(N)c(F)c2)o1. The van der Waals surface area contributed by atoms with E-state index in [4.69, 9.17) is 10.2 Å². The van der Waals surface area contributed by atoms with Crippen molar-refractivity contribution in [2.75, 3.05) is 24.2 Å². The standard InChI is InChI=1S/C14H17FN2O/c1-10-3-5-12(18-10)7-8-17(2)11-4-6-14(16)13(15)9-11/h3-6,9H,7-8,16H2,1-2H3. The maximum Gasteiger partial charge on any atom is 0.148 e. The summed E-state index contributed by atoms with van der Waals surface area (Å²) in [4.78, 5) is 1.97. The van der Waals surface area contributed by atoms with Gasteiger partial charge < -0.3 is 15.1 Å². The van der Waals surface area contributed by atoms with Crippen molar-refractivity contribution in [2.24, 2.45) is 0 Å². The highest BCUT2D eigenvalue weighted by atomic mass is 19.1. The average Bonchev–Trinajstić information content (AvgIpc) is 2.75. The molecule has 1 aromatic carbocycles. The number of hydrogen-bond donors (Lipinski definition) is 1. The molecule has 1 heterocycles. The summed E-state index contributed by atoms with van der Waals surface area (Å²) in [6.07, 6.45) is 0.788. The van der Waals surface area contributed by atoms with E-state index >= 15 is 0 Å². The van der Waals surface area contributed by atoms with Crippen LogP contribution in [0.5, 0.6) is 0 Å². The molecule has 3 nitrogen and oxygen atoms in total. The largest absolute Gasteiger partial charge is 0.466 e. The molecule has 0 fully saturated rings. The zero-order valence-electron chi connectivity index (χ0n) is 10.6. The molecule has 0 radical (unpaired) electrons. The third-order valence-electron chi connectivity index (χ3n) is 2.91. The number of nitrogens with zero attached hydrogens (tertiary/aromatic N) is 1. The Morgan fingerprint density at radius 3 is 2.67 bits per heavy atom. The zero-order valence-corrected chi connectivity index (χ0v) is 10.6. The number of hydrogen-bond acceptors (Lipinski definition) is 3. The highest BCUT2D eigenvalue weighted by molar-refractivity contribution is 5.53. The molecule has 0 aliphatic rings. The predicted octanol–water partition coefficient (Wildman–Crippen LogP) is 2.99. The minimum absolute atomic E-state index is 0.175. The molecule has 4 heteroatoms. The molecule has 0 spiro atoms. The maximum absolute atomic E-state index is 13.3. The van der Waals surface area contributed by atoms with Gasteiger partial charge in [0.05, 0.1) is 5.69 Å². The molecular formula is C14H17FN2O. The van der Waals surface area contributed by atoms with Gasteiger partial charge in [0.15, 0.2) is 0 Å². The van der Waals surface area contributed by atoms with Crippen LogP contribution in [0.15, 0.2) is 34.7 Å². The molecule has 2 N–H and O–H groups in total. The molecule has 0 saturated heterocycles. The average molecular weight is 248 g/mol. The lowest BCUT2D eigenvalue weighted by Gasteiger charge is -2.19. The number of halogens is 1. The van der Waals surface area contributed by atoms with E-state index in [9.17, 15) is 4.39 Å². The van der Waals surface area contributed by atoms with Gasteiger partial charge in [-0.15, -0.1) is 0 Å². The van der Waals surface area contributed by atoms with Gasteiger partial charge in [0.25, 0.3) is 0 Å². The second-order valence-corrected chi connectivity index (χ2v) is 4.39. The van der Waals surface area contributed by atoms with Crippen LogP contribution in [0.4, 0.5) is 15.8 Å². The van der Waals surface area contributed by atoms with E-state index in [1.807, 2.05) is 37.1 Å². The van der Waals surface area contributed by atoms with Crippen LogP contribution in [0.3, 0.4) is 0 Å². The van der Waals surface area contributed by atoms with E-state index in [0.29, 0.717) is 0 Å². The van der Waals surface area contributed by atoms with E-state index in [2.05, 4.69) is 0 Å². The van der Waals surface area contributed by atoms with Crippen molar-refractivity contribution in [1.29, 1.82) is 0 Å². The Kier molecular flexibility index (Phi) is 3.55. The minimum atomic E-state index is -0.381. The molecule has 0 bridgehead atoms. The quantitative estimate of drug-likeness (QED) is 0.846. The minimum Gasteiger partial charge on any atom is -0.466 e. The lowest BCUT2D eigenvalue weighted by molar-refractivity contribution is 0.483. The smallest absolute Gasteiger partial charge is 0.148 e. The Morgan fingerprint density at radius 1 is 1.28 bits per heavy atom. The van der Waals surface area contributed by atoms with Gasteiger partial charge in [-0.1, -0.05) is 0 Å². The highest BCUT2D eigenvalue weighted by Crippen LogP contribution is 2.19. The summed E-state index contributed by atoms with van der Waals surface area (Å²) in [5.41, 5.74) is 6.43. The Bertz CT molecular complexity index is 536. The number of furan rings is 1. The van der Waals surface area contributed by atoms with E-state index in [0.717, 1.165) is 30.2 Å². The number of nitrogen functional groups attached to an aromatic ring is 1. The Labute approximate surface area is 106 Å². The summed E-state index contributed by atoms with van der Waals surface area (Å²) in [6, 6.07) is 8.75. The van der Waals surface area contributed by atoms with Gasteiger partial charge in [0.2, 0.25) is 0 Å². The molecule has 0 aliphatic heterocycles. The van der Waals surface area contributed by atoms with E-state index in [1.165, 1.54) is 6.07 Å². The molecule has 0 amide bonds. The van der Waals surface area contributed by atoms with Crippen LogP contribution in [0.25, 0.3) is 0 Å². The molecule has 0 unspecified atom stereocenters. The van der Waals surface area contributed by atoms with Crippen LogP contribution in [-0.2, 0) is 6.42 Å². The summed E-state index contributed by atoms with van der Waals surface area (Å²) in [5.74, 6) is 1.47. The van der Waals surface area contributed by atoms with Crippen molar-refractivity contribution in [2.45, 2.75) is 13.3 Å². The highest BCUT2D eigenvalue weighted by Gasteiger charge is 2.06. The second-order valence-electron chi connectivity index (χ2n) is 4.39. The van der Waals surface area contributed by atoms with Crippen molar-refractivity contribution in [3.8, 4) is 0 Å². The van der Waals surface area contributed by atoms with Crippen molar-refractivity contribution in [3.63, 3.8) is 0 Å². The second kappa shape index (κ2) is 5.12. The van der Waals surface area contributed by atoms with Gasteiger partial charge in [0.1, 0.15) is 17.3 Å². The van der Waals surface area contributed by atoms with Crippen LogP contribution in [0.2, 0.25) is 0 Å².